The third kappa shape index (κ3) is 3.61. The number of halogens is 3. The minimum atomic E-state index is -4.38. The Morgan fingerprint density at radius 1 is 1.15 bits per heavy atom. The van der Waals surface area contributed by atoms with Crippen molar-refractivity contribution in [1.29, 1.82) is 0 Å². The van der Waals surface area contributed by atoms with Gasteiger partial charge in [-0.2, -0.15) is 13.2 Å². The number of hydrogen-bond donors (Lipinski definition) is 2. The van der Waals surface area contributed by atoms with Gasteiger partial charge in [0.05, 0.1) is 11.8 Å². The topological polar surface area (TPSA) is 45.4 Å². The summed E-state index contributed by atoms with van der Waals surface area (Å²) in [6.45, 7) is 0.132. The summed E-state index contributed by atoms with van der Waals surface area (Å²) in [6.07, 6.45) is -3.84. The van der Waals surface area contributed by atoms with Crippen LogP contribution in [-0.4, -0.2) is 11.7 Å². The minimum Gasteiger partial charge on any atom is -0.467 e. The smallest absolute Gasteiger partial charge is 0.416 e. The van der Waals surface area contributed by atoms with Crippen molar-refractivity contribution in [2.24, 2.45) is 0 Å². The first-order valence-electron chi connectivity index (χ1n) is 6.06. The van der Waals surface area contributed by atoms with Crippen LogP contribution >= 0.6 is 0 Å². The zero-order valence-corrected chi connectivity index (χ0v) is 10.5. The first kappa shape index (κ1) is 14.6. The Balaban J connectivity index is 1.95. The fourth-order valence-electron chi connectivity index (χ4n) is 1.88. The predicted octanol–water partition coefficient (Wildman–Crippen LogP) is 3.12. The minimum absolute atomic E-state index is 0.0213. The lowest BCUT2D eigenvalue weighted by molar-refractivity contribution is -0.138. The lowest BCUT2D eigenvalue weighted by Gasteiger charge is -2.14. The Labute approximate surface area is 114 Å². The zero-order chi connectivity index (χ0) is 14.6. The molecule has 0 radical (unpaired) electrons. The van der Waals surface area contributed by atoms with E-state index in [0.29, 0.717) is 5.76 Å². The van der Waals surface area contributed by atoms with Gasteiger partial charge in [0, 0.05) is 13.1 Å². The van der Waals surface area contributed by atoms with Crippen molar-refractivity contribution >= 4 is 0 Å². The number of nitrogens with one attached hydrogen (secondary N) is 1. The van der Waals surface area contributed by atoms with Crippen LogP contribution in [0.15, 0.2) is 47.1 Å². The van der Waals surface area contributed by atoms with Crippen molar-refractivity contribution in [3.05, 3.63) is 59.5 Å². The summed E-state index contributed by atoms with van der Waals surface area (Å²) in [5.74, 6) is 0.376. The molecule has 1 heterocycles. The van der Waals surface area contributed by atoms with E-state index < -0.39 is 17.8 Å². The Bertz CT molecular complexity index is 538. The Hall–Kier alpha value is -1.79. The van der Waals surface area contributed by atoms with E-state index in [2.05, 4.69) is 5.32 Å². The molecule has 2 aromatic rings. The quantitative estimate of drug-likeness (QED) is 0.887. The molecule has 1 aromatic carbocycles. The summed E-state index contributed by atoms with van der Waals surface area (Å²) in [5, 5.41) is 12.5. The molecule has 0 aliphatic carbocycles. The first-order valence-corrected chi connectivity index (χ1v) is 6.06. The van der Waals surface area contributed by atoms with Gasteiger partial charge in [-0.1, -0.05) is 18.2 Å². The maximum absolute atomic E-state index is 12.8. The highest BCUT2D eigenvalue weighted by Gasteiger charge is 2.32. The predicted molar refractivity (Wildman–Crippen MR) is 66.8 cm³/mol. The summed E-state index contributed by atoms with van der Waals surface area (Å²) >= 11 is 0. The third-order valence-electron chi connectivity index (χ3n) is 2.85. The molecule has 6 heteroatoms. The molecule has 20 heavy (non-hydrogen) atoms. The molecule has 1 aromatic heterocycles. The normalized spacial score (nSPS) is 13.4. The summed E-state index contributed by atoms with van der Waals surface area (Å²) < 4.78 is 43.3. The molecule has 3 nitrogen and oxygen atoms in total. The van der Waals surface area contributed by atoms with Crippen LogP contribution in [0.25, 0.3) is 0 Å². The van der Waals surface area contributed by atoms with Crippen LogP contribution in [0.1, 0.15) is 23.0 Å². The van der Waals surface area contributed by atoms with Gasteiger partial charge in [-0.3, -0.25) is 0 Å². The van der Waals surface area contributed by atoms with Crippen molar-refractivity contribution < 1.29 is 22.7 Å². The van der Waals surface area contributed by atoms with Crippen LogP contribution in [0.5, 0.6) is 0 Å². The standard InChI is InChI=1S/C14H14F3NO2/c15-14(16,17)11-5-2-1-4-10(11)8-18-9-12(19)13-6-3-7-20-13/h1-7,12,18-19H,8-9H2. The van der Waals surface area contributed by atoms with Crippen molar-refractivity contribution in [3.8, 4) is 0 Å². The van der Waals surface area contributed by atoms with E-state index >= 15 is 0 Å². The van der Waals surface area contributed by atoms with E-state index in [4.69, 9.17) is 4.42 Å². The number of benzene rings is 1. The van der Waals surface area contributed by atoms with Gasteiger partial charge < -0.3 is 14.8 Å². The second-order valence-corrected chi connectivity index (χ2v) is 4.32. The van der Waals surface area contributed by atoms with Crippen molar-refractivity contribution in [2.75, 3.05) is 6.54 Å². The molecule has 0 bridgehead atoms. The van der Waals surface area contributed by atoms with Gasteiger partial charge in [0.2, 0.25) is 0 Å². The summed E-state index contributed by atoms with van der Waals surface area (Å²) in [5.41, 5.74) is -0.522. The highest BCUT2D eigenvalue weighted by Crippen LogP contribution is 2.31. The van der Waals surface area contributed by atoms with E-state index in [0.717, 1.165) is 6.07 Å². The number of aliphatic hydroxyl groups excluding tert-OH is 1. The molecular weight excluding hydrogens is 271 g/mol. The highest BCUT2D eigenvalue weighted by molar-refractivity contribution is 5.29. The van der Waals surface area contributed by atoms with Gasteiger partial charge in [0.25, 0.3) is 0 Å². The Morgan fingerprint density at radius 3 is 2.55 bits per heavy atom. The van der Waals surface area contributed by atoms with E-state index in [9.17, 15) is 18.3 Å². The monoisotopic (exact) mass is 285 g/mol. The molecule has 1 unspecified atom stereocenters. The van der Waals surface area contributed by atoms with Gasteiger partial charge in [-0.05, 0) is 23.8 Å². The zero-order valence-electron chi connectivity index (χ0n) is 10.5. The lowest BCUT2D eigenvalue weighted by atomic mass is 10.1. The van der Waals surface area contributed by atoms with Crippen molar-refractivity contribution in [2.45, 2.75) is 18.8 Å². The molecule has 2 N–H and O–H groups in total. The second-order valence-electron chi connectivity index (χ2n) is 4.32. The van der Waals surface area contributed by atoms with E-state index in [-0.39, 0.29) is 18.7 Å². The fraction of sp³-hybridized carbons (Fsp3) is 0.286. The van der Waals surface area contributed by atoms with Gasteiger partial charge in [0.15, 0.2) is 0 Å². The van der Waals surface area contributed by atoms with Gasteiger partial charge in [-0.25, -0.2) is 0 Å². The summed E-state index contributed by atoms with van der Waals surface area (Å²) in [7, 11) is 0. The molecule has 0 saturated heterocycles. The molecule has 108 valence electrons. The van der Waals surface area contributed by atoms with Crippen LogP contribution in [0.3, 0.4) is 0 Å². The molecule has 0 aliphatic heterocycles. The van der Waals surface area contributed by atoms with E-state index in [1.54, 1.807) is 18.2 Å². The third-order valence-corrected chi connectivity index (χ3v) is 2.85. The Kier molecular flexibility index (Phi) is 4.46. The molecule has 2 rings (SSSR count). The Morgan fingerprint density at radius 2 is 1.90 bits per heavy atom. The average Bonchev–Trinajstić information content (AvgIpc) is 2.92. The van der Waals surface area contributed by atoms with E-state index in [1.165, 1.54) is 18.4 Å². The average molecular weight is 285 g/mol. The number of furan rings is 1. The maximum atomic E-state index is 12.8. The number of aliphatic hydroxyl groups is 1. The largest absolute Gasteiger partial charge is 0.467 e. The van der Waals surface area contributed by atoms with Crippen LogP contribution in [0.4, 0.5) is 13.2 Å². The lowest BCUT2D eigenvalue weighted by Crippen LogP contribution is -2.22. The molecule has 0 amide bonds. The maximum Gasteiger partial charge on any atom is 0.416 e. The number of alkyl halides is 3. The highest BCUT2D eigenvalue weighted by atomic mass is 19.4. The van der Waals surface area contributed by atoms with Gasteiger partial charge >= 0.3 is 6.18 Å². The van der Waals surface area contributed by atoms with Gasteiger partial charge in [0.1, 0.15) is 11.9 Å². The molecule has 1 atom stereocenters. The van der Waals surface area contributed by atoms with Crippen molar-refractivity contribution in [3.63, 3.8) is 0 Å². The van der Waals surface area contributed by atoms with Crippen LogP contribution in [0.2, 0.25) is 0 Å². The van der Waals surface area contributed by atoms with E-state index in [1.807, 2.05) is 0 Å². The fourth-order valence-corrected chi connectivity index (χ4v) is 1.88. The molecule has 0 spiro atoms. The SMILES string of the molecule is OC(CNCc1ccccc1C(F)(F)F)c1ccco1. The number of rotatable bonds is 5. The molecule has 0 saturated carbocycles. The molecular formula is C14H14F3NO2. The molecule has 0 aliphatic rings. The summed E-state index contributed by atoms with van der Waals surface area (Å²) in [6, 6.07) is 8.60. The molecule has 0 fully saturated rings. The number of hydrogen-bond acceptors (Lipinski definition) is 3. The van der Waals surface area contributed by atoms with Crippen LogP contribution < -0.4 is 5.32 Å². The van der Waals surface area contributed by atoms with Crippen molar-refractivity contribution in [1.82, 2.24) is 5.32 Å². The summed E-state index contributed by atoms with van der Waals surface area (Å²) in [4.78, 5) is 0. The van der Waals surface area contributed by atoms with Gasteiger partial charge in [-0.15, -0.1) is 0 Å². The van der Waals surface area contributed by atoms with Crippen LogP contribution in [0, 0.1) is 0 Å². The van der Waals surface area contributed by atoms with Crippen LogP contribution in [-0.2, 0) is 12.7 Å². The first-order chi connectivity index (χ1) is 9.48. The second kappa shape index (κ2) is 6.11.